The molecule has 0 unspecified atom stereocenters. The number of benzene rings is 1. The SMILES string of the molecule is CN=C(NCCOCCOC)N1CCC(=Cc2ccccc2)CC1. The summed E-state index contributed by atoms with van der Waals surface area (Å²) in [5.41, 5.74) is 2.80. The van der Waals surface area contributed by atoms with E-state index in [-0.39, 0.29) is 0 Å². The average molecular weight is 331 g/mol. The summed E-state index contributed by atoms with van der Waals surface area (Å²) >= 11 is 0. The fourth-order valence-electron chi connectivity index (χ4n) is 2.75. The fourth-order valence-corrected chi connectivity index (χ4v) is 2.75. The van der Waals surface area contributed by atoms with Gasteiger partial charge in [0.25, 0.3) is 0 Å². The van der Waals surface area contributed by atoms with Gasteiger partial charge < -0.3 is 19.7 Å². The molecule has 1 aromatic carbocycles. The van der Waals surface area contributed by atoms with Gasteiger partial charge in [-0.1, -0.05) is 42.0 Å². The number of guanidine groups is 1. The Balaban J connectivity index is 1.73. The van der Waals surface area contributed by atoms with Crippen molar-refractivity contribution >= 4 is 12.0 Å². The van der Waals surface area contributed by atoms with Crippen LogP contribution in [0.4, 0.5) is 0 Å². The highest BCUT2D eigenvalue weighted by molar-refractivity contribution is 5.80. The van der Waals surface area contributed by atoms with Gasteiger partial charge in [0, 0.05) is 33.8 Å². The van der Waals surface area contributed by atoms with Crippen LogP contribution in [0.25, 0.3) is 6.08 Å². The van der Waals surface area contributed by atoms with Crippen molar-refractivity contribution in [3.05, 3.63) is 41.5 Å². The standard InChI is InChI=1S/C19H29N3O2/c1-20-19(21-10-13-24-15-14-23-2)22-11-8-18(9-12-22)16-17-6-4-3-5-7-17/h3-7,16H,8-15H2,1-2H3,(H,20,21). The first-order chi connectivity index (χ1) is 11.8. The smallest absolute Gasteiger partial charge is 0.193 e. The Hall–Kier alpha value is -1.85. The second-order valence-corrected chi connectivity index (χ2v) is 5.78. The number of methoxy groups -OCH3 is 1. The summed E-state index contributed by atoms with van der Waals surface area (Å²) in [6, 6.07) is 10.5. The van der Waals surface area contributed by atoms with Crippen LogP contribution in [0.1, 0.15) is 18.4 Å². The summed E-state index contributed by atoms with van der Waals surface area (Å²) in [5.74, 6) is 0.962. The molecule has 0 atom stereocenters. The van der Waals surface area contributed by atoms with Crippen molar-refractivity contribution in [2.45, 2.75) is 12.8 Å². The molecule has 1 aliphatic heterocycles. The van der Waals surface area contributed by atoms with E-state index in [9.17, 15) is 0 Å². The zero-order valence-corrected chi connectivity index (χ0v) is 14.8. The maximum atomic E-state index is 5.47. The number of aliphatic imine (C=N–C) groups is 1. The van der Waals surface area contributed by atoms with Crippen molar-refractivity contribution in [3.63, 3.8) is 0 Å². The Morgan fingerprint density at radius 2 is 1.92 bits per heavy atom. The maximum absolute atomic E-state index is 5.47. The summed E-state index contributed by atoms with van der Waals surface area (Å²) in [6.07, 6.45) is 4.48. The van der Waals surface area contributed by atoms with Crippen LogP contribution < -0.4 is 5.32 Å². The zero-order chi connectivity index (χ0) is 17.0. The van der Waals surface area contributed by atoms with Crippen molar-refractivity contribution in [3.8, 4) is 0 Å². The third kappa shape index (κ3) is 6.34. The lowest BCUT2D eigenvalue weighted by atomic mass is 10.0. The molecule has 1 fully saturated rings. The second kappa shape index (κ2) is 10.8. The van der Waals surface area contributed by atoms with Gasteiger partial charge in [-0.15, -0.1) is 0 Å². The molecule has 0 aliphatic carbocycles. The van der Waals surface area contributed by atoms with Gasteiger partial charge in [-0.05, 0) is 18.4 Å². The number of nitrogens with zero attached hydrogens (tertiary/aromatic N) is 2. The van der Waals surface area contributed by atoms with Crippen LogP contribution in [0.15, 0.2) is 40.9 Å². The Labute approximate surface area is 145 Å². The van der Waals surface area contributed by atoms with Gasteiger partial charge >= 0.3 is 0 Å². The van der Waals surface area contributed by atoms with Gasteiger partial charge in [0.15, 0.2) is 5.96 Å². The maximum Gasteiger partial charge on any atom is 0.193 e. The van der Waals surface area contributed by atoms with Crippen LogP contribution in [-0.2, 0) is 9.47 Å². The molecule has 24 heavy (non-hydrogen) atoms. The molecule has 2 rings (SSSR count). The molecule has 0 amide bonds. The number of likely N-dealkylation sites (tertiary alicyclic amines) is 1. The highest BCUT2D eigenvalue weighted by atomic mass is 16.5. The highest BCUT2D eigenvalue weighted by Gasteiger charge is 2.16. The minimum absolute atomic E-state index is 0.633. The minimum atomic E-state index is 0.633. The minimum Gasteiger partial charge on any atom is -0.382 e. The lowest BCUT2D eigenvalue weighted by Gasteiger charge is -2.31. The molecule has 1 aliphatic rings. The summed E-state index contributed by atoms with van der Waals surface area (Å²) < 4.78 is 10.4. The van der Waals surface area contributed by atoms with Gasteiger partial charge in [0.2, 0.25) is 0 Å². The Kier molecular flexibility index (Phi) is 8.35. The predicted octanol–water partition coefficient (Wildman–Crippen LogP) is 2.40. The number of nitrogens with one attached hydrogen (secondary N) is 1. The Morgan fingerprint density at radius 1 is 1.17 bits per heavy atom. The lowest BCUT2D eigenvalue weighted by Crippen LogP contribution is -2.45. The molecule has 1 aromatic rings. The summed E-state index contributed by atoms with van der Waals surface area (Å²) in [5, 5.41) is 3.37. The topological polar surface area (TPSA) is 46.1 Å². The summed E-state index contributed by atoms with van der Waals surface area (Å²) in [6.45, 7) is 4.70. The largest absolute Gasteiger partial charge is 0.382 e. The number of ether oxygens (including phenoxy) is 2. The molecule has 132 valence electrons. The molecule has 0 spiro atoms. The normalized spacial score (nSPS) is 15.5. The van der Waals surface area contributed by atoms with E-state index in [1.165, 1.54) is 11.1 Å². The first-order valence-corrected chi connectivity index (χ1v) is 8.60. The van der Waals surface area contributed by atoms with E-state index < -0.39 is 0 Å². The molecule has 1 N–H and O–H groups in total. The third-order valence-electron chi connectivity index (χ3n) is 4.05. The van der Waals surface area contributed by atoms with E-state index in [1.807, 2.05) is 7.05 Å². The molecule has 5 nitrogen and oxygen atoms in total. The Bertz CT molecular complexity index is 519. The van der Waals surface area contributed by atoms with E-state index in [2.05, 4.69) is 51.6 Å². The fraction of sp³-hybridized carbons (Fsp3) is 0.526. The first-order valence-electron chi connectivity index (χ1n) is 8.60. The third-order valence-corrected chi connectivity index (χ3v) is 4.05. The zero-order valence-electron chi connectivity index (χ0n) is 14.8. The van der Waals surface area contributed by atoms with Crippen molar-refractivity contribution in [2.75, 3.05) is 53.6 Å². The van der Waals surface area contributed by atoms with Crippen molar-refractivity contribution in [1.29, 1.82) is 0 Å². The van der Waals surface area contributed by atoms with Crippen LogP contribution in [-0.4, -0.2) is 64.5 Å². The van der Waals surface area contributed by atoms with Crippen molar-refractivity contribution < 1.29 is 9.47 Å². The van der Waals surface area contributed by atoms with Crippen molar-refractivity contribution in [1.82, 2.24) is 10.2 Å². The molecular formula is C19H29N3O2. The van der Waals surface area contributed by atoms with Gasteiger partial charge in [-0.3, -0.25) is 4.99 Å². The molecule has 0 bridgehead atoms. The first kappa shape index (κ1) is 18.5. The Morgan fingerprint density at radius 3 is 2.58 bits per heavy atom. The molecular weight excluding hydrogens is 302 g/mol. The average Bonchev–Trinajstić information content (AvgIpc) is 2.63. The summed E-state index contributed by atoms with van der Waals surface area (Å²) in [4.78, 5) is 6.70. The number of hydrogen-bond acceptors (Lipinski definition) is 3. The van der Waals surface area contributed by atoms with Gasteiger partial charge in [0.05, 0.1) is 19.8 Å². The van der Waals surface area contributed by atoms with Crippen LogP contribution in [0.2, 0.25) is 0 Å². The monoisotopic (exact) mass is 331 g/mol. The van der Waals surface area contributed by atoms with Crippen LogP contribution >= 0.6 is 0 Å². The second-order valence-electron chi connectivity index (χ2n) is 5.78. The quantitative estimate of drug-likeness (QED) is 0.473. The lowest BCUT2D eigenvalue weighted by molar-refractivity contribution is 0.0731. The molecule has 1 heterocycles. The van der Waals surface area contributed by atoms with Crippen LogP contribution in [0.5, 0.6) is 0 Å². The predicted molar refractivity (Wildman–Crippen MR) is 99.3 cm³/mol. The van der Waals surface area contributed by atoms with E-state index >= 15 is 0 Å². The van der Waals surface area contributed by atoms with Crippen LogP contribution in [0, 0.1) is 0 Å². The van der Waals surface area contributed by atoms with E-state index in [0.717, 1.165) is 38.4 Å². The molecule has 0 radical (unpaired) electrons. The van der Waals surface area contributed by atoms with Crippen LogP contribution in [0.3, 0.4) is 0 Å². The number of rotatable bonds is 7. The molecule has 5 heteroatoms. The van der Waals surface area contributed by atoms with E-state index in [4.69, 9.17) is 9.47 Å². The van der Waals surface area contributed by atoms with E-state index in [1.54, 1.807) is 7.11 Å². The van der Waals surface area contributed by atoms with Gasteiger partial charge in [-0.25, -0.2) is 0 Å². The van der Waals surface area contributed by atoms with Crippen molar-refractivity contribution in [2.24, 2.45) is 4.99 Å². The number of piperidine rings is 1. The number of hydrogen-bond donors (Lipinski definition) is 1. The molecule has 0 aromatic heterocycles. The van der Waals surface area contributed by atoms with Gasteiger partial charge in [-0.2, -0.15) is 0 Å². The van der Waals surface area contributed by atoms with Gasteiger partial charge in [0.1, 0.15) is 0 Å². The van der Waals surface area contributed by atoms with E-state index in [0.29, 0.717) is 19.8 Å². The summed E-state index contributed by atoms with van der Waals surface area (Å²) in [7, 11) is 3.52. The highest BCUT2D eigenvalue weighted by Crippen LogP contribution is 2.19. The molecule has 1 saturated heterocycles. The molecule has 0 saturated carbocycles.